The van der Waals surface area contributed by atoms with Crippen molar-refractivity contribution in [2.24, 2.45) is 5.92 Å². The zero-order chi connectivity index (χ0) is 13.9. The first-order valence-corrected chi connectivity index (χ1v) is 7.41. The molecule has 1 atom stereocenters. The molecule has 0 saturated heterocycles. The van der Waals surface area contributed by atoms with E-state index in [-0.39, 0.29) is 0 Å². The summed E-state index contributed by atoms with van der Waals surface area (Å²) in [7, 11) is 0. The average Bonchev–Trinajstić information content (AvgIpc) is 2.49. The molecule has 2 aliphatic rings. The zero-order valence-electron chi connectivity index (χ0n) is 12.1. The largest absolute Gasteiger partial charge is 0.124 e. The monoisotopic (exact) mass is 254 g/mol. The van der Waals surface area contributed by atoms with E-state index < -0.39 is 0 Å². The highest BCUT2D eigenvalue weighted by Crippen LogP contribution is 2.38. The maximum absolute atomic E-state index is 4.00. The molecule has 0 spiro atoms. The van der Waals surface area contributed by atoms with Crippen molar-refractivity contribution in [2.75, 3.05) is 0 Å². The van der Waals surface area contributed by atoms with Crippen LogP contribution in [0.1, 0.15) is 51.9 Å². The van der Waals surface area contributed by atoms with Crippen molar-refractivity contribution in [1.82, 2.24) is 0 Å². The molecule has 0 aromatic rings. The summed E-state index contributed by atoms with van der Waals surface area (Å²) in [6.45, 7) is 2.06. The lowest BCUT2D eigenvalue weighted by Gasteiger charge is -2.29. The number of hydrogen-bond donors (Lipinski definition) is 0. The van der Waals surface area contributed by atoms with Gasteiger partial charge in [0.25, 0.3) is 0 Å². The first kappa shape index (κ1) is 15.6. The van der Waals surface area contributed by atoms with Crippen LogP contribution >= 0.6 is 0 Å². The van der Waals surface area contributed by atoms with Crippen molar-refractivity contribution in [3.63, 3.8) is 0 Å². The van der Waals surface area contributed by atoms with Crippen LogP contribution in [0.5, 0.6) is 0 Å². The van der Waals surface area contributed by atoms with Gasteiger partial charge in [-0.2, -0.15) is 0 Å². The van der Waals surface area contributed by atoms with E-state index in [0.717, 1.165) is 5.92 Å². The molecule has 2 aliphatic carbocycles. The molecule has 0 radical (unpaired) electrons. The zero-order valence-corrected chi connectivity index (χ0v) is 12.1. The second-order valence-corrected chi connectivity index (χ2v) is 5.12. The first-order chi connectivity index (χ1) is 9.42. The standard InChI is InChI=1S/C17H24.C2H2/c1-2-3-4-5-6-10-15-12-9-13-16-11-7-8-14-17(15)16;1-2/h2-5,8,14-15H,6-7,9-13H2,1H3;1-2H/b3-2-,5-4-;/t15-;/m0./s1. The fourth-order valence-electron chi connectivity index (χ4n) is 3.02. The third-order valence-corrected chi connectivity index (χ3v) is 3.91. The lowest BCUT2D eigenvalue weighted by atomic mass is 9.77. The van der Waals surface area contributed by atoms with Crippen LogP contribution in [0.15, 0.2) is 47.6 Å². The minimum atomic E-state index is 0.838. The summed E-state index contributed by atoms with van der Waals surface area (Å²) in [5.74, 6) is 0.838. The van der Waals surface area contributed by atoms with Crippen molar-refractivity contribution in [2.45, 2.75) is 51.9 Å². The summed E-state index contributed by atoms with van der Waals surface area (Å²) in [5.41, 5.74) is 3.46. The Morgan fingerprint density at radius 1 is 1.26 bits per heavy atom. The van der Waals surface area contributed by atoms with E-state index in [2.05, 4.69) is 56.2 Å². The smallest absolute Gasteiger partial charge is 0.0159 e. The van der Waals surface area contributed by atoms with E-state index >= 15 is 0 Å². The van der Waals surface area contributed by atoms with E-state index in [1.165, 1.54) is 44.9 Å². The fourth-order valence-corrected chi connectivity index (χ4v) is 3.02. The van der Waals surface area contributed by atoms with Gasteiger partial charge in [-0.1, -0.05) is 42.0 Å². The van der Waals surface area contributed by atoms with Gasteiger partial charge in [-0.3, -0.25) is 0 Å². The molecule has 0 aromatic heterocycles. The lowest BCUT2D eigenvalue weighted by Crippen LogP contribution is -2.13. The predicted molar refractivity (Wildman–Crippen MR) is 85.8 cm³/mol. The van der Waals surface area contributed by atoms with E-state index in [0.29, 0.717) is 0 Å². The molecular weight excluding hydrogens is 228 g/mol. The Labute approximate surface area is 119 Å². The van der Waals surface area contributed by atoms with E-state index in [1.807, 2.05) is 0 Å². The molecule has 0 heteroatoms. The second kappa shape index (κ2) is 9.45. The van der Waals surface area contributed by atoms with Crippen LogP contribution in [0.4, 0.5) is 0 Å². The average molecular weight is 254 g/mol. The van der Waals surface area contributed by atoms with Gasteiger partial charge in [-0.25, -0.2) is 0 Å². The van der Waals surface area contributed by atoms with E-state index in [4.69, 9.17) is 0 Å². The van der Waals surface area contributed by atoms with Crippen molar-refractivity contribution >= 4 is 0 Å². The molecule has 0 bridgehead atoms. The van der Waals surface area contributed by atoms with Crippen molar-refractivity contribution in [1.29, 1.82) is 0 Å². The number of allylic oxidation sites excluding steroid dienone is 8. The van der Waals surface area contributed by atoms with Gasteiger partial charge in [0.2, 0.25) is 0 Å². The molecule has 0 aromatic carbocycles. The Morgan fingerprint density at radius 3 is 2.89 bits per heavy atom. The maximum atomic E-state index is 4.00. The van der Waals surface area contributed by atoms with Gasteiger partial charge in [-0.05, 0) is 63.4 Å². The topological polar surface area (TPSA) is 0 Å². The minimum Gasteiger partial charge on any atom is -0.124 e. The number of terminal acetylenes is 1. The summed E-state index contributed by atoms with van der Waals surface area (Å²) in [4.78, 5) is 0. The van der Waals surface area contributed by atoms with E-state index in [1.54, 1.807) is 11.1 Å². The predicted octanol–water partition coefficient (Wildman–Crippen LogP) is 5.60. The van der Waals surface area contributed by atoms with E-state index in [9.17, 15) is 0 Å². The Kier molecular flexibility index (Phi) is 7.75. The highest BCUT2D eigenvalue weighted by atomic mass is 14.3. The van der Waals surface area contributed by atoms with Crippen LogP contribution in [0.2, 0.25) is 0 Å². The Hall–Kier alpha value is -1.48. The molecule has 0 aliphatic heterocycles. The van der Waals surface area contributed by atoms with Gasteiger partial charge in [0.1, 0.15) is 0 Å². The van der Waals surface area contributed by atoms with Crippen molar-refractivity contribution in [3.05, 3.63) is 47.6 Å². The van der Waals surface area contributed by atoms with Gasteiger partial charge in [0, 0.05) is 0 Å². The summed E-state index contributed by atoms with van der Waals surface area (Å²) >= 11 is 0. The highest BCUT2D eigenvalue weighted by molar-refractivity contribution is 5.33. The minimum absolute atomic E-state index is 0.838. The fraction of sp³-hybridized carbons (Fsp3) is 0.474. The molecular formula is C19H26. The van der Waals surface area contributed by atoms with Gasteiger partial charge in [-0.15, -0.1) is 12.8 Å². The van der Waals surface area contributed by atoms with Crippen LogP contribution in [-0.4, -0.2) is 0 Å². The van der Waals surface area contributed by atoms with Crippen LogP contribution < -0.4 is 0 Å². The summed E-state index contributed by atoms with van der Waals surface area (Å²) in [5, 5.41) is 0. The first-order valence-electron chi connectivity index (χ1n) is 7.41. The summed E-state index contributed by atoms with van der Waals surface area (Å²) in [6, 6.07) is 0. The Bertz CT molecular complexity index is 388. The molecule has 102 valence electrons. The third kappa shape index (κ3) is 4.95. The summed E-state index contributed by atoms with van der Waals surface area (Å²) < 4.78 is 0. The van der Waals surface area contributed by atoms with Crippen LogP contribution in [0.3, 0.4) is 0 Å². The van der Waals surface area contributed by atoms with Gasteiger partial charge in [0.15, 0.2) is 0 Å². The third-order valence-electron chi connectivity index (χ3n) is 3.91. The quantitative estimate of drug-likeness (QED) is 0.453. The normalized spacial score (nSPS) is 22.4. The van der Waals surface area contributed by atoms with Crippen LogP contribution in [0, 0.1) is 18.8 Å². The SMILES string of the molecule is C#C.C/C=C\C=C/CC[C@H]1CCCC2=C1C=CCC2. The molecule has 0 nitrogen and oxygen atoms in total. The molecule has 0 amide bonds. The van der Waals surface area contributed by atoms with Crippen LogP contribution in [-0.2, 0) is 0 Å². The van der Waals surface area contributed by atoms with Crippen molar-refractivity contribution < 1.29 is 0 Å². The van der Waals surface area contributed by atoms with Gasteiger partial charge < -0.3 is 0 Å². The molecule has 0 N–H and O–H groups in total. The van der Waals surface area contributed by atoms with Crippen molar-refractivity contribution in [3.8, 4) is 12.8 Å². The van der Waals surface area contributed by atoms with Gasteiger partial charge >= 0.3 is 0 Å². The maximum Gasteiger partial charge on any atom is -0.0159 e. The number of hydrogen-bond acceptors (Lipinski definition) is 0. The molecule has 19 heavy (non-hydrogen) atoms. The lowest BCUT2D eigenvalue weighted by molar-refractivity contribution is 0.469. The van der Waals surface area contributed by atoms with Gasteiger partial charge in [0.05, 0.1) is 0 Å². The molecule has 0 fully saturated rings. The molecule has 0 saturated carbocycles. The Balaban J connectivity index is 0.000000861. The second-order valence-electron chi connectivity index (χ2n) is 5.12. The Morgan fingerprint density at radius 2 is 2.11 bits per heavy atom. The van der Waals surface area contributed by atoms with Crippen LogP contribution in [0.25, 0.3) is 0 Å². The number of rotatable bonds is 4. The molecule has 0 unspecified atom stereocenters. The summed E-state index contributed by atoms with van der Waals surface area (Å²) in [6.07, 6.45) is 30.8. The highest BCUT2D eigenvalue weighted by Gasteiger charge is 2.21. The molecule has 2 rings (SSSR count). The molecule has 0 heterocycles.